The van der Waals surface area contributed by atoms with E-state index >= 15 is 0 Å². The van der Waals surface area contributed by atoms with Crippen LogP contribution in [0.1, 0.15) is 13.8 Å². The Labute approximate surface area is 182 Å². The van der Waals surface area contributed by atoms with E-state index < -0.39 is 0 Å². The normalized spacial score (nSPS) is 12.1. The van der Waals surface area contributed by atoms with Gasteiger partial charge < -0.3 is 10.2 Å². The van der Waals surface area contributed by atoms with Crippen molar-refractivity contribution in [3.8, 4) is 11.3 Å². The lowest BCUT2D eigenvalue weighted by atomic mass is 10.2. The predicted molar refractivity (Wildman–Crippen MR) is 127 cm³/mol. The standard InChI is InChI=1S/C24H27N7/c1-5-8-18(6-2)16-30-17-19(14-27-30)22-15-26-24-23(25-11-12-31(22)24)28-20-9-7-10-21(13-20)29(3)4/h5-15,17H,16H2,1-4H3,(H,25,28)/b8-5-,18-6+. The van der Waals surface area contributed by atoms with E-state index in [4.69, 9.17) is 0 Å². The van der Waals surface area contributed by atoms with Gasteiger partial charge in [0.1, 0.15) is 0 Å². The van der Waals surface area contributed by atoms with Gasteiger partial charge in [0.15, 0.2) is 11.5 Å². The van der Waals surface area contributed by atoms with E-state index in [2.05, 4.69) is 49.6 Å². The molecule has 0 aliphatic carbocycles. The second-order valence-corrected chi connectivity index (χ2v) is 7.47. The molecule has 3 heterocycles. The molecule has 4 rings (SSSR count). The number of anilines is 3. The molecule has 4 aromatic rings. The molecule has 0 aliphatic rings. The van der Waals surface area contributed by atoms with Gasteiger partial charge in [-0.05, 0) is 37.6 Å². The van der Waals surface area contributed by atoms with Gasteiger partial charge in [0, 0.05) is 49.6 Å². The predicted octanol–water partition coefficient (Wildman–Crippen LogP) is 4.92. The molecule has 0 fully saturated rings. The highest BCUT2D eigenvalue weighted by Crippen LogP contribution is 2.26. The Morgan fingerprint density at radius 1 is 1.16 bits per heavy atom. The van der Waals surface area contributed by atoms with E-state index in [-0.39, 0.29) is 0 Å². The van der Waals surface area contributed by atoms with Crippen LogP contribution >= 0.6 is 0 Å². The van der Waals surface area contributed by atoms with Crippen LogP contribution in [0.25, 0.3) is 16.9 Å². The van der Waals surface area contributed by atoms with Crippen LogP contribution in [-0.2, 0) is 6.54 Å². The molecule has 0 bridgehead atoms. The molecule has 7 nitrogen and oxygen atoms in total. The molecule has 7 heteroatoms. The fourth-order valence-corrected chi connectivity index (χ4v) is 3.44. The molecular weight excluding hydrogens is 386 g/mol. The summed E-state index contributed by atoms with van der Waals surface area (Å²) in [5.74, 6) is 0.710. The van der Waals surface area contributed by atoms with Crippen LogP contribution in [0.2, 0.25) is 0 Å². The van der Waals surface area contributed by atoms with Gasteiger partial charge >= 0.3 is 0 Å². The number of imidazole rings is 1. The molecule has 1 aromatic carbocycles. The first kappa shape index (κ1) is 20.4. The van der Waals surface area contributed by atoms with Crippen molar-refractivity contribution in [3.05, 3.63) is 79.1 Å². The fourth-order valence-electron chi connectivity index (χ4n) is 3.44. The molecule has 1 N–H and O–H groups in total. The third-order valence-corrected chi connectivity index (χ3v) is 5.08. The Balaban J connectivity index is 1.63. The van der Waals surface area contributed by atoms with Gasteiger partial charge in [-0.25, -0.2) is 9.97 Å². The fraction of sp³-hybridized carbons (Fsp3) is 0.208. The van der Waals surface area contributed by atoms with Crippen molar-refractivity contribution >= 4 is 22.8 Å². The van der Waals surface area contributed by atoms with Crippen molar-refractivity contribution in [3.63, 3.8) is 0 Å². The second kappa shape index (κ2) is 8.87. The molecule has 0 radical (unpaired) electrons. The number of hydrogen-bond donors (Lipinski definition) is 1. The number of allylic oxidation sites excluding steroid dienone is 4. The first-order chi connectivity index (χ1) is 15.1. The highest BCUT2D eigenvalue weighted by Gasteiger charge is 2.12. The minimum atomic E-state index is 0.710. The third-order valence-electron chi connectivity index (χ3n) is 5.08. The van der Waals surface area contributed by atoms with E-state index in [1.54, 1.807) is 6.20 Å². The number of fused-ring (bicyclic) bond motifs is 1. The van der Waals surface area contributed by atoms with Gasteiger partial charge in [-0.1, -0.05) is 24.3 Å². The van der Waals surface area contributed by atoms with E-state index in [0.717, 1.165) is 34.8 Å². The quantitative estimate of drug-likeness (QED) is 0.436. The molecule has 3 aromatic heterocycles. The van der Waals surface area contributed by atoms with E-state index in [9.17, 15) is 0 Å². The van der Waals surface area contributed by atoms with Gasteiger partial charge in [0.05, 0.1) is 24.6 Å². The maximum atomic E-state index is 4.63. The number of aromatic nitrogens is 5. The van der Waals surface area contributed by atoms with Crippen molar-refractivity contribution in [2.24, 2.45) is 0 Å². The summed E-state index contributed by atoms with van der Waals surface area (Å²) < 4.78 is 3.98. The summed E-state index contributed by atoms with van der Waals surface area (Å²) in [6, 6.07) is 8.20. The van der Waals surface area contributed by atoms with Crippen LogP contribution in [-0.4, -0.2) is 38.2 Å². The first-order valence-corrected chi connectivity index (χ1v) is 10.3. The zero-order valence-electron chi connectivity index (χ0n) is 18.3. The average molecular weight is 414 g/mol. The summed E-state index contributed by atoms with van der Waals surface area (Å²) in [6.45, 7) is 4.79. The van der Waals surface area contributed by atoms with Crippen molar-refractivity contribution in [2.75, 3.05) is 24.3 Å². The topological polar surface area (TPSA) is 63.3 Å². The Bertz CT molecular complexity index is 1240. The lowest BCUT2D eigenvalue weighted by molar-refractivity contribution is 0.685. The maximum Gasteiger partial charge on any atom is 0.180 e. The number of rotatable bonds is 7. The number of benzene rings is 1. The molecule has 0 spiro atoms. The lowest BCUT2D eigenvalue weighted by Crippen LogP contribution is -2.08. The minimum absolute atomic E-state index is 0.710. The summed E-state index contributed by atoms with van der Waals surface area (Å²) in [7, 11) is 4.05. The highest BCUT2D eigenvalue weighted by molar-refractivity contribution is 5.75. The van der Waals surface area contributed by atoms with Crippen LogP contribution in [0.5, 0.6) is 0 Å². The van der Waals surface area contributed by atoms with E-state index in [1.165, 1.54) is 5.57 Å². The lowest BCUT2D eigenvalue weighted by Gasteiger charge is -2.14. The van der Waals surface area contributed by atoms with Gasteiger partial charge in [-0.3, -0.25) is 9.08 Å². The second-order valence-electron chi connectivity index (χ2n) is 7.47. The monoisotopic (exact) mass is 413 g/mol. The van der Waals surface area contributed by atoms with Crippen LogP contribution in [0, 0.1) is 0 Å². The molecular formula is C24H27N7. The number of nitrogens with zero attached hydrogens (tertiary/aromatic N) is 6. The van der Waals surface area contributed by atoms with Crippen molar-refractivity contribution < 1.29 is 0 Å². The van der Waals surface area contributed by atoms with Gasteiger partial charge in [0.2, 0.25) is 0 Å². The van der Waals surface area contributed by atoms with Gasteiger partial charge in [-0.15, -0.1) is 0 Å². The van der Waals surface area contributed by atoms with Crippen LogP contribution in [0.15, 0.2) is 79.1 Å². The van der Waals surface area contributed by atoms with Crippen molar-refractivity contribution in [2.45, 2.75) is 20.4 Å². The van der Waals surface area contributed by atoms with E-state index in [1.807, 2.05) is 80.0 Å². The maximum absolute atomic E-state index is 4.63. The molecule has 0 amide bonds. The molecule has 0 saturated heterocycles. The molecule has 0 saturated carbocycles. The number of nitrogens with one attached hydrogen (secondary N) is 1. The summed E-state index contributed by atoms with van der Waals surface area (Å²) in [5, 5.41) is 7.93. The van der Waals surface area contributed by atoms with Gasteiger partial charge in [-0.2, -0.15) is 5.10 Å². The van der Waals surface area contributed by atoms with Crippen LogP contribution in [0.4, 0.5) is 17.2 Å². The Morgan fingerprint density at radius 3 is 2.81 bits per heavy atom. The average Bonchev–Trinajstić information content (AvgIpc) is 3.41. The zero-order chi connectivity index (χ0) is 21.8. The molecule has 158 valence electrons. The zero-order valence-corrected chi connectivity index (χ0v) is 18.3. The minimum Gasteiger partial charge on any atom is -0.378 e. The SMILES string of the molecule is C/C=C\C(=C/C)Cn1cc(-c2cnc3c(Nc4cccc(N(C)C)c4)nccn23)cn1. The molecule has 0 atom stereocenters. The van der Waals surface area contributed by atoms with Crippen LogP contribution in [0.3, 0.4) is 0 Å². The Morgan fingerprint density at radius 2 is 2.03 bits per heavy atom. The summed E-state index contributed by atoms with van der Waals surface area (Å²) in [5.41, 5.74) is 6.05. The molecule has 31 heavy (non-hydrogen) atoms. The Hall–Kier alpha value is -3.87. The molecule has 0 aliphatic heterocycles. The van der Waals surface area contributed by atoms with Gasteiger partial charge in [0.25, 0.3) is 0 Å². The summed E-state index contributed by atoms with van der Waals surface area (Å²) in [4.78, 5) is 11.2. The first-order valence-electron chi connectivity index (χ1n) is 10.3. The number of hydrogen-bond acceptors (Lipinski definition) is 5. The highest BCUT2D eigenvalue weighted by atomic mass is 15.3. The van der Waals surface area contributed by atoms with Crippen LogP contribution < -0.4 is 10.2 Å². The van der Waals surface area contributed by atoms with Crippen molar-refractivity contribution in [1.29, 1.82) is 0 Å². The third kappa shape index (κ3) is 4.35. The van der Waals surface area contributed by atoms with E-state index in [0.29, 0.717) is 5.82 Å². The summed E-state index contributed by atoms with van der Waals surface area (Å²) in [6.07, 6.45) is 15.7. The Kier molecular flexibility index (Phi) is 5.84. The summed E-state index contributed by atoms with van der Waals surface area (Å²) >= 11 is 0. The largest absolute Gasteiger partial charge is 0.378 e. The van der Waals surface area contributed by atoms with Crippen molar-refractivity contribution in [1.82, 2.24) is 24.1 Å². The molecule has 0 unspecified atom stereocenters. The smallest absolute Gasteiger partial charge is 0.180 e.